The number of aliphatic carboxylic acids is 2. The molecule has 4 aromatic carbocycles. The van der Waals surface area contributed by atoms with E-state index in [4.69, 9.17) is 31.5 Å². The first-order chi connectivity index (χ1) is 48.8. The first kappa shape index (κ1) is 109. The zero-order chi connectivity index (χ0) is 80.3. The fraction of sp³-hybridized carbons (Fsp3) is 0.507. The van der Waals surface area contributed by atoms with Crippen LogP contribution in [0.1, 0.15) is 79.2 Å². The number of nitrogens with two attached hydrogens (primary N) is 3. The lowest BCUT2D eigenvalue weighted by Crippen LogP contribution is -2.60. The van der Waals surface area contributed by atoms with Crippen molar-refractivity contribution in [2.75, 3.05) is 148 Å². The van der Waals surface area contributed by atoms with Crippen LogP contribution < -0.4 is 50.7 Å². The van der Waals surface area contributed by atoms with E-state index in [1.54, 1.807) is 130 Å². The van der Waals surface area contributed by atoms with Crippen LogP contribution in [-0.2, 0) is 73.5 Å². The summed E-state index contributed by atoms with van der Waals surface area (Å²) in [6.45, 7) is 15.6. The Kier molecular flexibility index (Phi) is 59.2. The number of ether oxygens (including phenoxy) is 3. The third-order valence-corrected chi connectivity index (χ3v) is 15.0. The standard InChI is InChI=1S/C36H56N8O6.C16H24N4O4.C15H20N2O4.C2H8N2.C2H7N.CH3Cl.3CH4.H3N/c1-22(2)31(41(8)24(5)45)34(47)42(9)29(20-25-12-16-27(37)17-13-25)33(46)44(11)32(23(3)4)35(48)43(10)30(36(49)50)21-26-14-18-28(19-15-26)38-39-40(6)7;1-5-10-24-16(23)20(4)14(15(21)22)11-12-6-8-13(9-7-12)17-18-19(2)3;1-4-9-21-15(19)17(2)13(14(18)20-3)10-11-5-7-12(16)8-6-11;1-4(2)3;1-3-2;1-2;;;;/h12-19,22-23,29-32,38-39H,20-21,37H2,1-11H3,(H,49,50);5-9,14,17-18H,1,10-11H2,2-4H3,(H,21,22);4-8,13H,1,9-10,16H2,2-3H3;3H2,1-2H3;3H,1-2H3;1H3;3*1H4;1H3/t29-,30-,31+,32+;14-;13-;;;;;;;/m100......./s1. The van der Waals surface area contributed by atoms with Crippen molar-refractivity contribution in [2.24, 2.45) is 17.7 Å². The molecule has 6 atom stereocenters. The number of esters is 1. The fourth-order valence-electron chi connectivity index (χ4n) is 9.49. The van der Waals surface area contributed by atoms with Gasteiger partial charge >= 0.3 is 30.1 Å². The van der Waals surface area contributed by atoms with Gasteiger partial charge in [-0.3, -0.25) is 39.8 Å². The maximum Gasteiger partial charge on any atom is 0.410 e. The van der Waals surface area contributed by atoms with Gasteiger partial charge in [0.05, 0.1) is 18.5 Å². The van der Waals surface area contributed by atoms with Gasteiger partial charge in [0, 0.05) is 135 Å². The van der Waals surface area contributed by atoms with Gasteiger partial charge in [0.15, 0.2) is 0 Å². The molecule has 4 aromatic rings. The molecule has 4 rings (SSSR count). The summed E-state index contributed by atoms with van der Waals surface area (Å²) in [5, 5.41) is 27.3. The van der Waals surface area contributed by atoms with Gasteiger partial charge in [0.2, 0.25) is 23.6 Å². The van der Waals surface area contributed by atoms with Gasteiger partial charge in [-0.25, -0.2) is 34.0 Å². The molecule has 0 radical (unpaired) electrons. The number of hydrogen-bond donors (Lipinski definition) is 11. The molecule has 0 spiro atoms. The largest absolute Gasteiger partial charge is 0.480 e. The Bertz CT molecular complexity index is 3220. The number of halogens is 1. The highest BCUT2D eigenvalue weighted by atomic mass is 35.5. The molecule has 0 aromatic heterocycles. The van der Waals surface area contributed by atoms with E-state index in [1.165, 1.54) is 97.3 Å². The van der Waals surface area contributed by atoms with Crippen molar-refractivity contribution in [3.8, 4) is 0 Å². The first-order valence-electron chi connectivity index (χ1n) is 33.0. The smallest absolute Gasteiger partial charge is 0.410 e. The lowest BCUT2D eigenvalue weighted by molar-refractivity contribution is -0.157. The zero-order valence-electron chi connectivity index (χ0n) is 65.3. The van der Waals surface area contributed by atoms with Crippen LogP contribution in [0.4, 0.5) is 32.3 Å². The SMILES string of the molecule is C.C.C.C=CCOC(=O)N(C)[C@@H](Cc1ccc(N)cc1)C(=O)OC.C=CCOC(=O)N(C)[C@@H](Cc1ccc(NNN(C)C)cc1)C(=O)O.CC(=O)N(C)[C@H](C(=O)N(C)[C@H](Cc1ccc(N)cc1)C(=O)N(C)[C@H](C(=O)N(C)[C@H](Cc1ccc(NNN(C)C)cc1)C(=O)O)C(C)C)C(C)C.CCl.CN(C)N.CNC.N. The number of rotatable bonds is 32. The number of methoxy groups -OCH3 is 1. The number of hydrazine groups is 5. The van der Waals surface area contributed by atoms with Crippen molar-refractivity contribution in [2.45, 2.75) is 119 Å². The zero-order valence-corrected chi connectivity index (χ0v) is 66.1. The minimum Gasteiger partial charge on any atom is -0.480 e. The summed E-state index contributed by atoms with van der Waals surface area (Å²) in [5.74, 6) is -0.274. The summed E-state index contributed by atoms with van der Waals surface area (Å²) < 4.78 is 14.6. The number of nitrogen functional groups attached to an aromatic ring is 2. The third-order valence-electron chi connectivity index (χ3n) is 15.0. The van der Waals surface area contributed by atoms with Gasteiger partial charge < -0.3 is 77.8 Å². The molecule has 33 heteroatoms. The molecule has 0 heterocycles. The molecule has 0 unspecified atom stereocenters. The molecule has 6 amide bonds. The number of anilines is 4. The second-order valence-electron chi connectivity index (χ2n) is 25.0. The van der Waals surface area contributed by atoms with Crippen LogP contribution >= 0.6 is 11.6 Å². The molecule has 0 saturated carbocycles. The maximum absolute atomic E-state index is 14.5. The Morgan fingerprint density at radius 1 is 0.472 bits per heavy atom. The van der Waals surface area contributed by atoms with E-state index in [2.05, 4.69) is 52.0 Å². The second kappa shape index (κ2) is 58.5. The second-order valence-corrected chi connectivity index (χ2v) is 25.0. The molecule has 0 fully saturated rings. The summed E-state index contributed by atoms with van der Waals surface area (Å²) in [5.41, 5.74) is 29.2. The molecule has 0 saturated heterocycles. The van der Waals surface area contributed by atoms with Crippen LogP contribution in [0.15, 0.2) is 122 Å². The molecule has 0 aliphatic carbocycles. The molecule has 614 valence electrons. The Labute approximate surface area is 648 Å². The van der Waals surface area contributed by atoms with E-state index in [0.717, 1.165) is 33.0 Å². The van der Waals surface area contributed by atoms with Gasteiger partial charge in [-0.2, -0.15) is 11.1 Å². The molecule has 0 aliphatic heterocycles. The van der Waals surface area contributed by atoms with Crippen molar-refractivity contribution in [3.63, 3.8) is 0 Å². The number of likely N-dealkylation sites (N-methyl/N-ethyl adjacent to an activating group) is 6. The molecular formula is C75H133ClN18O14. The van der Waals surface area contributed by atoms with Gasteiger partial charge in [-0.15, -0.1) is 11.6 Å². The summed E-state index contributed by atoms with van der Waals surface area (Å²) in [7, 11) is 24.8. The summed E-state index contributed by atoms with van der Waals surface area (Å²) in [6, 6.07) is 22.5. The topological polar surface area (TPSA) is 424 Å². The van der Waals surface area contributed by atoms with Crippen molar-refractivity contribution < 1.29 is 67.6 Å². The van der Waals surface area contributed by atoms with E-state index in [1.807, 2.05) is 68.3 Å². The maximum atomic E-state index is 14.5. The van der Waals surface area contributed by atoms with Gasteiger partial charge in [0.25, 0.3) is 0 Å². The predicted octanol–water partition coefficient (Wildman–Crippen LogP) is 7.29. The highest BCUT2D eigenvalue weighted by Gasteiger charge is 2.42. The van der Waals surface area contributed by atoms with Crippen LogP contribution in [0.2, 0.25) is 0 Å². The van der Waals surface area contributed by atoms with E-state index < -0.39 is 90.0 Å². The van der Waals surface area contributed by atoms with Gasteiger partial charge in [0.1, 0.15) is 49.5 Å². The Morgan fingerprint density at radius 2 is 0.741 bits per heavy atom. The number of carbonyl (C=O) groups excluding carboxylic acids is 7. The van der Waals surface area contributed by atoms with Crippen molar-refractivity contribution in [1.29, 1.82) is 0 Å². The average Bonchev–Trinajstić information content (AvgIpc) is 0.798. The number of benzene rings is 4. The molecule has 0 aliphatic rings. The predicted molar refractivity (Wildman–Crippen MR) is 435 cm³/mol. The fourth-order valence-corrected chi connectivity index (χ4v) is 9.49. The summed E-state index contributed by atoms with van der Waals surface area (Å²) in [4.78, 5) is 122. The lowest BCUT2D eigenvalue weighted by atomic mass is 9.95. The Hall–Kier alpha value is -9.64. The number of carboxylic acid groups (broad SMARTS) is 2. The third kappa shape index (κ3) is 40.9. The normalized spacial score (nSPS) is 11.7. The lowest BCUT2D eigenvalue weighted by Gasteiger charge is -2.40. The van der Waals surface area contributed by atoms with Gasteiger partial charge in [-0.1, -0.05) is 124 Å². The highest BCUT2D eigenvalue weighted by Crippen LogP contribution is 2.24. The van der Waals surface area contributed by atoms with Gasteiger partial charge in [-0.05, 0) is 96.7 Å². The van der Waals surface area contributed by atoms with E-state index in [0.29, 0.717) is 23.4 Å². The Morgan fingerprint density at radius 3 is 1.02 bits per heavy atom. The number of nitrogens with one attached hydrogen (secondary N) is 5. The summed E-state index contributed by atoms with van der Waals surface area (Å²) in [6.07, 6.45) is 3.69. The van der Waals surface area contributed by atoms with Crippen molar-refractivity contribution in [1.82, 2.24) is 67.0 Å². The monoisotopic (exact) mass is 1540 g/mol. The first-order valence-corrected chi connectivity index (χ1v) is 33.7. The van der Waals surface area contributed by atoms with Crippen molar-refractivity contribution in [3.05, 3.63) is 145 Å². The van der Waals surface area contributed by atoms with Crippen molar-refractivity contribution >= 4 is 88.1 Å². The van der Waals surface area contributed by atoms with Crippen LogP contribution in [0.25, 0.3) is 0 Å². The summed E-state index contributed by atoms with van der Waals surface area (Å²) >= 11 is 4.64. The number of amides is 6. The minimum atomic E-state index is -1.21. The highest BCUT2D eigenvalue weighted by molar-refractivity contribution is 6.15. The van der Waals surface area contributed by atoms with Crippen LogP contribution in [0, 0.1) is 11.8 Å². The average molecular weight is 1550 g/mol. The van der Waals surface area contributed by atoms with Crippen LogP contribution in [0.3, 0.4) is 0 Å². The number of nitrogens with zero attached hydrogens (tertiary/aromatic N) is 9. The quantitative estimate of drug-likeness (QED) is 0.00434. The van der Waals surface area contributed by atoms with Crippen LogP contribution in [0.5, 0.6) is 0 Å². The number of carboxylic acids is 2. The minimum absolute atomic E-state index is 0. The number of hydrogen-bond acceptors (Lipinski definition) is 24. The molecule has 32 nitrogen and oxygen atoms in total. The number of carbonyl (C=O) groups is 9. The number of alkyl halides is 1. The molecule has 0 bridgehead atoms. The van der Waals surface area contributed by atoms with E-state index in [-0.39, 0.29) is 72.7 Å². The van der Waals surface area contributed by atoms with Crippen LogP contribution in [-0.4, -0.2) is 270 Å². The van der Waals surface area contributed by atoms with E-state index >= 15 is 0 Å². The Balaban J connectivity index is -0.000000373. The van der Waals surface area contributed by atoms with E-state index in [9.17, 15) is 53.4 Å². The molecule has 16 N–H and O–H groups in total. The molecular weight excluding hydrogens is 1410 g/mol. The molecule has 108 heavy (non-hydrogen) atoms.